The van der Waals surface area contributed by atoms with E-state index in [0.717, 1.165) is 35.5 Å². The van der Waals surface area contributed by atoms with Gasteiger partial charge < -0.3 is 14.7 Å². The number of nitrogens with zero attached hydrogens (tertiary/aromatic N) is 2. The molecule has 1 heterocycles. The molecule has 0 aromatic heterocycles. The van der Waals surface area contributed by atoms with Crippen molar-refractivity contribution in [1.82, 2.24) is 0 Å². The number of rotatable bonds is 7. The summed E-state index contributed by atoms with van der Waals surface area (Å²) in [6.45, 7) is 9.84. The van der Waals surface area contributed by atoms with Crippen LogP contribution in [0.2, 0.25) is 0 Å². The summed E-state index contributed by atoms with van der Waals surface area (Å²) in [5.74, 6) is -1.06. The molecule has 1 unspecified atom stereocenters. The first-order valence-electron chi connectivity index (χ1n) is 12.2. The normalized spacial score (nSPS) is 16.9. The van der Waals surface area contributed by atoms with E-state index >= 15 is 0 Å². The Morgan fingerprint density at radius 1 is 0.972 bits per heavy atom. The summed E-state index contributed by atoms with van der Waals surface area (Å²) in [6.07, 6.45) is 0. The lowest BCUT2D eigenvalue weighted by Crippen LogP contribution is -2.30. The van der Waals surface area contributed by atoms with E-state index in [-0.39, 0.29) is 11.3 Å². The number of hydrogen-bond acceptors (Lipinski definition) is 5. The molecule has 4 rings (SSSR count). The Morgan fingerprint density at radius 2 is 1.67 bits per heavy atom. The number of Topliss-reactive ketones (excluding diaryl/α,β-unsaturated/α-hetero) is 1. The zero-order chi connectivity index (χ0) is 26.0. The lowest BCUT2D eigenvalue weighted by molar-refractivity contribution is -0.132. The van der Waals surface area contributed by atoms with Crippen LogP contribution in [-0.4, -0.2) is 37.0 Å². The van der Waals surface area contributed by atoms with E-state index in [1.54, 1.807) is 24.3 Å². The Hall–Kier alpha value is -4.06. The van der Waals surface area contributed by atoms with E-state index in [1.165, 1.54) is 12.0 Å². The van der Waals surface area contributed by atoms with Crippen molar-refractivity contribution >= 4 is 28.8 Å². The zero-order valence-electron chi connectivity index (χ0n) is 21.4. The third kappa shape index (κ3) is 4.47. The van der Waals surface area contributed by atoms with Crippen molar-refractivity contribution in [3.63, 3.8) is 0 Å². The van der Waals surface area contributed by atoms with Gasteiger partial charge in [0, 0.05) is 30.0 Å². The third-order valence-electron chi connectivity index (χ3n) is 6.74. The van der Waals surface area contributed by atoms with E-state index in [2.05, 4.69) is 18.7 Å². The molecule has 0 saturated carbocycles. The Morgan fingerprint density at radius 3 is 2.28 bits per heavy atom. The van der Waals surface area contributed by atoms with Gasteiger partial charge in [0.2, 0.25) is 0 Å². The summed E-state index contributed by atoms with van der Waals surface area (Å²) in [7, 11) is 1.54. The molecule has 6 nitrogen and oxygen atoms in total. The molecule has 0 aliphatic carbocycles. The lowest BCUT2D eigenvalue weighted by atomic mass is 9.94. The van der Waals surface area contributed by atoms with E-state index in [1.807, 2.05) is 56.3 Å². The number of methoxy groups -OCH3 is 1. The molecule has 1 amide bonds. The fraction of sp³-hybridized carbons (Fsp3) is 0.267. The van der Waals surface area contributed by atoms with Crippen LogP contribution in [0.1, 0.15) is 42.1 Å². The number of hydrogen-bond donors (Lipinski definition) is 1. The maximum atomic E-state index is 13.5. The summed E-state index contributed by atoms with van der Waals surface area (Å²) in [6, 6.07) is 19.7. The predicted octanol–water partition coefficient (Wildman–Crippen LogP) is 5.78. The Balaban J connectivity index is 1.92. The zero-order valence-corrected chi connectivity index (χ0v) is 21.4. The first-order chi connectivity index (χ1) is 17.3. The number of aliphatic hydroxyl groups is 1. The summed E-state index contributed by atoms with van der Waals surface area (Å²) in [5.41, 5.74) is 4.86. The van der Waals surface area contributed by atoms with Crippen LogP contribution in [0.4, 0.5) is 11.4 Å². The smallest absolute Gasteiger partial charge is 0.300 e. The van der Waals surface area contributed by atoms with Gasteiger partial charge in [-0.1, -0.05) is 42.0 Å². The predicted molar refractivity (Wildman–Crippen MR) is 144 cm³/mol. The highest BCUT2D eigenvalue weighted by atomic mass is 16.5. The van der Waals surface area contributed by atoms with Crippen molar-refractivity contribution in [2.75, 3.05) is 30.0 Å². The maximum absolute atomic E-state index is 13.5. The van der Waals surface area contributed by atoms with Gasteiger partial charge in [0.25, 0.3) is 11.7 Å². The molecule has 1 fully saturated rings. The quantitative estimate of drug-likeness (QED) is 0.261. The SMILES string of the molecule is CCN(CC)c1ccc(C2/C(=C(\O)c3cccc(OC)c3)C(=O)C(=O)N2c2ccc(C)cc2C)cc1. The molecule has 1 atom stereocenters. The van der Waals surface area contributed by atoms with Crippen LogP contribution in [0, 0.1) is 13.8 Å². The molecule has 0 bridgehead atoms. The summed E-state index contributed by atoms with van der Waals surface area (Å²) < 4.78 is 5.30. The lowest BCUT2D eigenvalue weighted by Gasteiger charge is -2.28. The van der Waals surface area contributed by atoms with Gasteiger partial charge in [0.05, 0.1) is 18.7 Å². The minimum absolute atomic E-state index is 0.0591. The van der Waals surface area contributed by atoms with Crippen LogP contribution in [-0.2, 0) is 9.59 Å². The van der Waals surface area contributed by atoms with Crippen molar-refractivity contribution in [3.05, 3.63) is 94.6 Å². The average molecular weight is 485 g/mol. The van der Waals surface area contributed by atoms with Crippen LogP contribution in [0.5, 0.6) is 5.75 Å². The van der Waals surface area contributed by atoms with Crippen molar-refractivity contribution in [2.45, 2.75) is 33.7 Å². The Kier molecular flexibility index (Phi) is 7.15. The maximum Gasteiger partial charge on any atom is 0.300 e. The minimum atomic E-state index is -0.775. The molecular formula is C30H32N2O4. The highest BCUT2D eigenvalue weighted by Crippen LogP contribution is 2.43. The van der Waals surface area contributed by atoms with Crippen LogP contribution in [0.25, 0.3) is 5.76 Å². The van der Waals surface area contributed by atoms with Gasteiger partial charge in [0.15, 0.2) is 0 Å². The van der Waals surface area contributed by atoms with E-state index in [9.17, 15) is 14.7 Å². The second-order valence-corrected chi connectivity index (χ2v) is 8.95. The van der Waals surface area contributed by atoms with Gasteiger partial charge in [0.1, 0.15) is 11.5 Å². The minimum Gasteiger partial charge on any atom is -0.507 e. The number of benzene rings is 3. The van der Waals surface area contributed by atoms with Crippen LogP contribution in [0.15, 0.2) is 72.3 Å². The molecule has 0 radical (unpaired) electrons. The highest BCUT2D eigenvalue weighted by molar-refractivity contribution is 6.51. The molecule has 0 spiro atoms. The van der Waals surface area contributed by atoms with E-state index in [0.29, 0.717) is 17.0 Å². The van der Waals surface area contributed by atoms with Crippen LogP contribution in [0.3, 0.4) is 0 Å². The van der Waals surface area contributed by atoms with Crippen molar-refractivity contribution in [2.24, 2.45) is 0 Å². The van der Waals surface area contributed by atoms with Gasteiger partial charge >= 0.3 is 0 Å². The first-order valence-corrected chi connectivity index (χ1v) is 12.2. The van der Waals surface area contributed by atoms with Gasteiger partial charge in [-0.2, -0.15) is 0 Å². The number of aryl methyl sites for hydroxylation is 2. The number of carbonyl (C=O) groups is 2. The average Bonchev–Trinajstić information content (AvgIpc) is 3.15. The molecular weight excluding hydrogens is 452 g/mol. The first kappa shape index (κ1) is 25.0. The molecule has 1 N–H and O–H groups in total. The second-order valence-electron chi connectivity index (χ2n) is 8.95. The van der Waals surface area contributed by atoms with E-state index < -0.39 is 17.7 Å². The van der Waals surface area contributed by atoms with E-state index in [4.69, 9.17) is 4.74 Å². The summed E-state index contributed by atoms with van der Waals surface area (Å²) >= 11 is 0. The topological polar surface area (TPSA) is 70.1 Å². The van der Waals surface area contributed by atoms with Gasteiger partial charge in [-0.15, -0.1) is 0 Å². The van der Waals surface area contributed by atoms with Crippen molar-refractivity contribution in [3.8, 4) is 5.75 Å². The monoisotopic (exact) mass is 484 g/mol. The number of aliphatic hydroxyl groups excluding tert-OH is 1. The Bertz CT molecular complexity index is 1320. The molecule has 3 aromatic carbocycles. The van der Waals surface area contributed by atoms with Crippen LogP contribution < -0.4 is 14.5 Å². The number of ketones is 1. The molecule has 36 heavy (non-hydrogen) atoms. The number of ether oxygens (including phenoxy) is 1. The summed E-state index contributed by atoms with van der Waals surface area (Å²) in [5, 5.41) is 11.4. The largest absolute Gasteiger partial charge is 0.507 e. The second kappa shape index (κ2) is 10.3. The highest BCUT2D eigenvalue weighted by Gasteiger charge is 2.47. The summed E-state index contributed by atoms with van der Waals surface area (Å²) in [4.78, 5) is 30.6. The van der Waals surface area contributed by atoms with Crippen molar-refractivity contribution < 1.29 is 19.4 Å². The Labute approximate surface area is 212 Å². The molecule has 186 valence electrons. The number of amides is 1. The number of anilines is 2. The molecule has 1 aliphatic heterocycles. The van der Waals surface area contributed by atoms with Gasteiger partial charge in [-0.25, -0.2) is 0 Å². The number of carbonyl (C=O) groups excluding carboxylic acids is 2. The third-order valence-corrected chi connectivity index (χ3v) is 6.74. The fourth-order valence-electron chi connectivity index (χ4n) is 4.85. The fourth-order valence-corrected chi connectivity index (χ4v) is 4.85. The van der Waals surface area contributed by atoms with Gasteiger partial charge in [-0.3, -0.25) is 14.5 Å². The standard InChI is InChI=1S/C30H32N2O4/c1-6-31(7-2)23-14-12-21(13-15-23)27-26(28(33)22-9-8-10-24(18-22)36-5)29(34)30(35)32(27)25-16-11-19(3)17-20(25)4/h8-18,27,33H,6-7H2,1-5H3/b28-26+. The van der Waals surface area contributed by atoms with Gasteiger partial charge in [-0.05, 0) is 69.2 Å². The molecule has 1 saturated heterocycles. The molecule has 3 aromatic rings. The van der Waals surface area contributed by atoms with Crippen LogP contribution >= 0.6 is 0 Å². The van der Waals surface area contributed by atoms with Crippen molar-refractivity contribution in [1.29, 1.82) is 0 Å². The molecule has 6 heteroatoms. The molecule has 1 aliphatic rings.